The van der Waals surface area contributed by atoms with Crippen molar-refractivity contribution >= 4 is 28.7 Å². The summed E-state index contributed by atoms with van der Waals surface area (Å²) >= 11 is 1.39. The van der Waals surface area contributed by atoms with Gasteiger partial charge in [0.2, 0.25) is 0 Å². The highest BCUT2D eigenvalue weighted by Crippen LogP contribution is 2.34. The molecule has 0 atom stereocenters. The summed E-state index contributed by atoms with van der Waals surface area (Å²) < 4.78 is 5.21. The van der Waals surface area contributed by atoms with E-state index in [0.29, 0.717) is 16.3 Å². The smallest absolute Gasteiger partial charge is 0.257 e. The van der Waals surface area contributed by atoms with E-state index in [-0.39, 0.29) is 11.3 Å². The van der Waals surface area contributed by atoms with Gasteiger partial charge >= 0.3 is 0 Å². The van der Waals surface area contributed by atoms with E-state index in [1.807, 2.05) is 29.6 Å². The van der Waals surface area contributed by atoms with Crippen LogP contribution in [0.15, 0.2) is 53.9 Å². The minimum absolute atomic E-state index is 0.254. The first-order valence-electron chi connectivity index (χ1n) is 8.41. The number of amides is 1. The average Bonchev–Trinajstić information content (AvgIpc) is 3.17. The molecular weight excluding hydrogens is 360 g/mol. The highest BCUT2D eigenvalue weighted by molar-refractivity contribution is 7.14. The molecule has 0 aliphatic carbocycles. The lowest BCUT2D eigenvalue weighted by Crippen LogP contribution is -2.19. The number of nitrogens with zero attached hydrogens (tertiary/aromatic N) is 1. The molecule has 138 valence electrons. The average molecular weight is 380 g/mol. The zero-order valence-corrected chi connectivity index (χ0v) is 16.2. The van der Waals surface area contributed by atoms with Crippen LogP contribution in [0.25, 0.3) is 0 Å². The van der Waals surface area contributed by atoms with Crippen molar-refractivity contribution in [2.75, 3.05) is 12.4 Å². The minimum atomic E-state index is -0.308. The predicted molar refractivity (Wildman–Crippen MR) is 107 cm³/mol. The Balaban J connectivity index is 1.76. The molecule has 0 radical (unpaired) electrons. The molecule has 0 bridgehead atoms. The lowest BCUT2D eigenvalue weighted by molar-refractivity contribution is 0.102. The van der Waals surface area contributed by atoms with Gasteiger partial charge in [0, 0.05) is 21.9 Å². The van der Waals surface area contributed by atoms with Gasteiger partial charge in [-0.15, -0.1) is 11.3 Å². The number of thiazole rings is 1. The standard InChI is InChI=1S/C21H20N2O3S/c1-21(2,16-8-10-17(26-3)11-9-16)18-13-27-20(22-18)23-19(25)15-6-4-14(12-24)5-7-15/h4-13H,1-3H3,(H,22,23,25). The molecule has 3 rings (SSSR count). The Labute approximate surface area is 162 Å². The molecular formula is C21H20N2O3S. The summed E-state index contributed by atoms with van der Waals surface area (Å²) in [6.45, 7) is 4.18. The zero-order chi connectivity index (χ0) is 19.4. The van der Waals surface area contributed by atoms with E-state index in [4.69, 9.17) is 4.74 Å². The summed E-state index contributed by atoms with van der Waals surface area (Å²) in [5, 5.41) is 5.31. The fraction of sp³-hybridized carbons (Fsp3) is 0.190. The van der Waals surface area contributed by atoms with Crippen LogP contribution in [0.1, 0.15) is 45.8 Å². The number of aldehydes is 1. The van der Waals surface area contributed by atoms with Crippen molar-refractivity contribution in [3.63, 3.8) is 0 Å². The monoisotopic (exact) mass is 380 g/mol. The van der Waals surface area contributed by atoms with E-state index < -0.39 is 0 Å². The predicted octanol–water partition coefficient (Wildman–Crippen LogP) is 4.54. The molecule has 0 saturated carbocycles. The van der Waals surface area contributed by atoms with E-state index in [1.54, 1.807) is 31.4 Å². The molecule has 1 aromatic heterocycles. The van der Waals surface area contributed by atoms with Crippen LogP contribution >= 0.6 is 11.3 Å². The van der Waals surface area contributed by atoms with Crippen LogP contribution in [0.3, 0.4) is 0 Å². The molecule has 6 heteroatoms. The van der Waals surface area contributed by atoms with Gasteiger partial charge in [0.1, 0.15) is 12.0 Å². The number of methoxy groups -OCH3 is 1. The van der Waals surface area contributed by atoms with Crippen LogP contribution in [0, 0.1) is 0 Å². The molecule has 0 aliphatic rings. The summed E-state index contributed by atoms with van der Waals surface area (Å²) in [7, 11) is 1.64. The summed E-state index contributed by atoms with van der Waals surface area (Å²) in [4.78, 5) is 27.7. The van der Waals surface area contributed by atoms with Crippen LogP contribution in [-0.4, -0.2) is 24.3 Å². The fourth-order valence-corrected chi connectivity index (χ4v) is 3.53. The first-order chi connectivity index (χ1) is 12.9. The molecule has 0 aliphatic heterocycles. The molecule has 1 amide bonds. The van der Waals surface area contributed by atoms with Gasteiger partial charge in [0.15, 0.2) is 5.13 Å². The Morgan fingerprint density at radius 1 is 1.11 bits per heavy atom. The van der Waals surface area contributed by atoms with E-state index in [0.717, 1.165) is 23.3 Å². The Morgan fingerprint density at radius 3 is 2.37 bits per heavy atom. The summed E-state index contributed by atoms with van der Waals surface area (Å²) in [6.07, 6.45) is 0.746. The number of carbonyl (C=O) groups excluding carboxylic acids is 2. The van der Waals surface area contributed by atoms with Gasteiger partial charge in [-0.3, -0.25) is 14.9 Å². The number of rotatable bonds is 6. The highest BCUT2D eigenvalue weighted by Gasteiger charge is 2.26. The molecule has 0 unspecified atom stereocenters. The quantitative estimate of drug-likeness (QED) is 0.638. The molecule has 27 heavy (non-hydrogen) atoms. The third kappa shape index (κ3) is 4.06. The van der Waals surface area contributed by atoms with E-state index in [2.05, 4.69) is 24.1 Å². The van der Waals surface area contributed by atoms with Gasteiger partial charge in [0.05, 0.1) is 12.8 Å². The van der Waals surface area contributed by atoms with Gasteiger partial charge in [-0.2, -0.15) is 0 Å². The summed E-state index contributed by atoms with van der Waals surface area (Å²) in [6, 6.07) is 14.4. The van der Waals surface area contributed by atoms with Crippen molar-refractivity contribution in [2.24, 2.45) is 0 Å². The van der Waals surface area contributed by atoms with Crippen LogP contribution in [0.4, 0.5) is 5.13 Å². The largest absolute Gasteiger partial charge is 0.497 e. The lowest BCUT2D eigenvalue weighted by atomic mass is 9.82. The molecule has 1 heterocycles. The molecule has 3 aromatic rings. The van der Waals surface area contributed by atoms with Crippen LogP contribution in [0.2, 0.25) is 0 Å². The van der Waals surface area contributed by atoms with Gasteiger partial charge < -0.3 is 4.74 Å². The first kappa shape index (κ1) is 18.8. The topological polar surface area (TPSA) is 68.3 Å². The van der Waals surface area contributed by atoms with E-state index in [9.17, 15) is 9.59 Å². The Bertz CT molecular complexity index is 944. The van der Waals surface area contributed by atoms with Crippen LogP contribution < -0.4 is 10.1 Å². The summed E-state index contributed by atoms with van der Waals surface area (Å²) in [5.41, 5.74) is 2.69. The van der Waals surface area contributed by atoms with Crippen molar-refractivity contribution in [3.05, 3.63) is 76.3 Å². The molecule has 5 nitrogen and oxygen atoms in total. The SMILES string of the molecule is COc1ccc(C(C)(C)c2csc(NC(=O)c3ccc(C=O)cc3)n2)cc1. The number of hydrogen-bond donors (Lipinski definition) is 1. The normalized spacial score (nSPS) is 11.1. The second kappa shape index (κ2) is 7.72. The first-order valence-corrected chi connectivity index (χ1v) is 9.29. The zero-order valence-electron chi connectivity index (χ0n) is 15.4. The number of ether oxygens (including phenoxy) is 1. The maximum absolute atomic E-state index is 12.4. The Hall–Kier alpha value is -2.99. The highest BCUT2D eigenvalue weighted by atomic mass is 32.1. The molecule has 0 saturated heterocycles. The molecule has 0 spiro atoms. The third-order valence-corrected chi connectivity index (χ3v) is 5.24. The van der Waals surface area contributed by atoms with Crippen molar-refractivity contribution in [2.45, 2.75) is 19.3 Å². The van der Waals surface area contributed by atoms with Crippen molar-refractivity contribution in [1.82, 2.24) is 4.98 Å². The Morgan fingerprint density at radius 2 is 1.78 bits per heavy atom. The van der Waals surface area contributed by atoms with Crippen LogP contribution in [0.5, 0.6) is 5.75 Å². The molecule has 2 aromatic carbocycles. The maximum Gasteiger partial charge on any atom is 0.257 e. The van der Waals surface area contributed by atoms with Gasteiger partial charge in [0.25, 0.3) is 5.91 Å². The number of aromatic nitrogens is 1. The van der Waals surface area contributed by atoms with Crippen LogP contribution in [-0.2, 0) is 5.41 Å². The Kier molecular flexibility index (Phi) is 5.37. The van der Waals surface area contributed by atoms with Crippen molar-refractivity contribution in [3.8, 4) is 5.75 Å². The number of carbonyl (C=O) groups is 2. The number of hydrogen-bond acceptors (Lipinski definition) is 5. The fourth-order valence-electron chi connectivity index (χ4n) is 2.66. The number of anilines is 1. The minimum Gasteiger partial charge on any atom is -0.497 e. The second-order valence-corrected chi connectivity index (χ2v) is 7.44. The van der Waals surface area contributed by atoms with Gasteiger partial charge in [-0.05, 0) is 29.8 Å². The molecule has 1 N–H and O–H groups in total. The van der Waals surface area contributed by atoms with E-state index in [1.165, 1.54) is 11.3 Å². The number of benzene rings is 2. The number of nitrogens with one attached hydrogen (secondary N) is 1. The lowest BCUT2D eigenvalue weighted by Gasteiger charge is -2.23. The van der Waals surface area contributed by atoms with Gasteiger partial charge in [-0.1, -0.05) is 38.1 Å². The van der Waals surface area contributed by atoms with Gasteiger partial charge in [-0.25, -0.2) is 4.98 Å². The molecule has 0 fully saturated rings. The summed E-state index contributed by atoms with van der Waals surface area (Å²) in [5.74, 6) is 0.553. The van der Waals surface area contributed by atoms with E-state index >= 15 is 0 Å². The third-order valence-electron chi connectivity index (χ3n) is 4.49. The van der Waals surface area contributed by atoms with Crippen molar-refractivity contribution < 1.29 is 14.3 Å². The van der Waals surface area contributed by atoms with Crippen molar-refractivity contribution in [1.29, 1.82) is 0 Å². The second-order valence-electron chi connectivity index (χ2n) is 6.59. The maximum atomic E-state index is 12.4.